The van der Waals surface area contributed by atoms with E-state index < -0.39 is 41.4 Å². The van der Waals surface area contributed by atoms with Crippen molar-refractivity contribution >= 4 is 12.4 Å². The number of hydrogen-bond acceptors (Lipinski definition) is 4. The van der Waals surface area contributed by atoms with Crippen LogP contribution < -0.4 is 5.32 Å². The zero-order chi connectivity index (χ0) is 17.9. The molecule has 24 heavy (non-hydrogen) atoms. The minimum absolute atomic E-state index is 0.000377. The zero-order valence-corrected chi connectivity index (χ0v) is 13.8. The zero-order valence-electron chi connectivity index (χ0n) is 13.8. The van der Waals surface area contributed by atoms with Crippen LogP contribution in [0.15, 0.2) is 18.2 Å². The summed E-state index contributed by atoms with van der Waals surface area (Å²) in [6.45, 7) is 5.21. The summed E-state index contributed by atoms with van der Waals surface area (Å²) in [5.41, 5.74) is -0.705. The second-order valence-electron chi connectivity index (χ2n) is 6.80. The molecule has 7 heteroatoms. The fourth-order valence-electron chi connectivity index (χ4n) is 2.59. The SMILES string of the molecule is CC(C)(C)OC(=O)N[C@H]1CC(C=O)CO[C@@H]1c1cc(F)ccc1F. The average molecular weight is 341 g/mol. The van der Waals surface area contributed by atoms with Crippen LogP contribution in [0.3, 0.4) is 0 Å². The van der Waals surface area contributed by atoms with Crippen LogP contribution in [0.4, 0.5) is 13.6 Å². The highest BCUT2D eigenvalue weighted by atomic mass is 19.1. The van der Waals surface area contributed by atoms with E-state index >= 15 is 0 Å². The first-order valence-electron chi connectivity index (χ1n) is 7.71. The molecule has 0 bridgehead atoms. The van der Waals surface area contributed by atoms with Gasteiger partial charge in [0.25, 0.3) is 0 Å². The van der Waals surface area contributed by atoms with Crippen molar-refractivity contribution in [2.24, 2.45) is 5.92 Å². The Morgan fingerprint density at radius 3 is 2.71 bits per heavy atom. The molecular formula is C17H21F2NO4. The van der Waals surface area contributed by atoms with Gasteiger partial charge in [-0.05, 0) is 45.4 Å². The Bertz CT molecular complexity index is 615. The van der Waals surface area contributed by atoms with Crippen LogP contribution in [0.5, 0.6) is 0 Å². The van der Waals surface area contributed by atoms with Crippen LogP contribution in [0.2, 0.25) is 0 Å². The third-order valence-electron chi connectivity index (χ3n) is 3.57. The van der Waals surface area contributed by atoms with E-state index in [-0.39, 0.29) is 18.6 Å². The first-order valence-corrected chi connectivity index (χ1v) is 7.71. The van der Waals surface area contributed by atoms with E-state index in [2.05, 4.69) is 5.32 Å². The van der Waals surface area contributed by atoms with Crippen molar-refractivity contribution in [1.82, 2.24) is 5.32 Å². The number of ether oxygens (including phenoxy) is 2. The van der Waals surface area contributed by atoms with Gasteiger partial charge >= 0.3 is 6.09 Å². The number of hydrogen-bond donors (Lipinski definition) is 1. The number of rotatable bonds is 3. The van der Waals surface area contributed by atoms with Gasteiger partial charge in [0.05, 0.1) is 12.6 Å². The summed E-state index contributed by atoms with van der Waals surface area (Å²) < 4.78 is 38.2. The standard InChI is InChI=1S/C17H21F2NO4/c1-17(2,3)24-16(22)20-14-6-10(8-21)9-23-15(14)12-7-11(18)4-5-13(12)19/h4-5,7-8,10,14-15H,6,9H2,1-3H3,(H,20,22)/t10?,14-,15+/m0/s1. The topological polar surface area (TPSA) is 64.6 Å². The van der Waals surface area contributed by atoms with Crippen LogP contribution in [0.25, 0.3) is 0 Å². The molecule has 1 saturated heterocycles. The van der Waals surface area contributed by atoms with E-state index in [9.17, 15) is 18.4 Å². The normalized spacial score (nSPS) is 24.3. The van der Waals surface area contributed by atoms with Crippen molar-refractivity contribution in [2.45, 2.75) is 44.9 Å². The largest absolute Gasteiger partial charge is 0.444 e. The number of benzene rings is 1. The Labute approximate surface area is 139 Å². The van der Waals surface area contributed by atoms with E-state index in [1.807, 2.05) is 0 Å². The smallest absolute Gasteiger partial charge is 0.407 e. The van der Waals surface area contributed by atoms with E-state index in [1.165, 1.54) is 0 Å². The van der Waals surface area contributed by atoms with Crippen LogP contribution in [-0.4, -0.2) is 30.6 Å². The van der Waals surface area contributed by atoms with Gasteiger partial charge in [-0.1, -0.05) is 0 Å². The van der Waals surface area contributed by atoms with Crippen molar-refractivity contribution < 1.29 is 27.8 Å². The maximum atomic E-state index is 14.1. The summed E-state index contributed by atoms with van der Waals surface area (Å²) in [6, 6.07) is 2.33. The number of carbonyl (C=O) groups is 2. The summed E-state index contributed by atoms with van der Waals surface area (Å²) in [7, 11) is 0. The molecule has 3 atom stereocenters. The van der Waals surface area contributed by atoms with Crippen molar-refractivity contribution in [3.05, 3.63) is 35.4 Å². The summed E-state index contributed by atoms with van der Waals surface area (Å²) in [5, 5.41) is 2.60. The minimum atomic E-state index is -0.899. The Kier molecular flexibility index (Phi) is 5.54. The van der Waals surface area contributed by atoms with Gasteiger partial charge < -0.3 is 19.6 Å². The van der Waals surface area contributed by atoms with Crippen molar-refractivity contribution in [3.8, 4) is 0 Å². The molecule has 132 valence electrons. The van der Waals surface area contributed by atoms with Crippen molar-refractivity contribution in [3.63, 3.8) is 0 Å². The lowest BCUT2D eigenvalue weighted by molar-refractivity contribution is -0.119. The molecule has 0 aromatic heterocycles. The molecule has 0 radical (unpaired) electrons. The molecule has 1 unspecified atom stereocenters. The average Bonchev–Trinajstić information content (AvgIpc) is 2.48. The highest BCUT2D eigenvalue weighted by Crippen LogP contribution is 2.32. The molecular weight excluding hydrogens is 320 g/mol. The summed E-state index contributed by atoms with van der Waals surface area (Å²) >= 11 is 0. The van der Waals surface area contributed by atoms with Crippen LogP contribution in [0, 0.1) is 17.6 Å². The summed E-state index contributed by atoms with van der Waals surface area (Å²) in [4.78, 5) is 23.0. The molecule has 0 spiro atoms. The maximum Gasteiger partial charge on any atom is 0.407 e. The Morgan fingerprint density at radius 1 is 1.38 bits per heavy atom. The fourth-order valence-corrected chi connectivity index (χ4v) is 2.59. The highest BCUT2D eigenvalue weighted by molar-refractivity contribution is 5.68. The highest BCUT2D eigenvalue weighted by Gasteiger charge is 2.36. The molecule has 2 rings (SSSR count). The molecule has 5 nitrogen and oxygen atoms in total. The molecule has 1 aromatic carbocycles. The van der Waals surface area contributed by atoms with Gasteiger partial charge in [-0.15, -0.1) is 0 Å². The van der Waals surface area contributed by atoms with Gasteiger partial charge in [0.2, 0.25) is 0 Å². The lowest BCUT2D eigenvalue weighted by atomic mass is 9.90. The fraction of sp³-hybridized carbons (Fsp3) is 0.529. The van der Waals surface area contributed by atoms with Gasteiger partial charge in [-0.3, -0.25) is 0 Å². The molecule has 1 heterocycles. The first-order chi connectivity index (χ1) is 11.2. The molecule has 1 fully saturated rings. The molecule has 0 aliphatic carbocycles. The Morgan fingerprint density at radius 2 is 2.08 bits per heavy atom. The van der Waals surface area contributed by atoms with Crippen LogP contribution in [-0.2, 0) is 14.3 Å². The van der Waals surface area contributed by atoms with Gasteiger partial charge in [0.15, 0.2) is 0 Å². The Balaban J connectivity index is 2.22. The second-order valence-corrected chi connectivity index (χ2v) is 6.80. The number of amides is 1. The molecule has 1 aliphatic heterocycles. The molecule has 1 aliphatic rings. The van der Waals surface area contributed by atoms with E-state index in [0.29, 0.717) is 0 Å². The Hall–Kier alpha value is -2.02. The minimum Gasteiger partial charge on any atom is -0.444 e. The quantitative estimate of drug-likeness (QED) is 0.858. The predicted octanol–water partition coefficient (Wildman–Crippen LogP) is 3.13. The lowest BCUT2D eigenvalue weighted by Gasteiger charge is -2.35. The number of aldehydes is 1. The van der Waals surface area contributed by atoms with Crippen molar-refractivity contribution in [2.75, 3.05) is 6.61 Å². The van der Waals surface area contributed by atoms with E-state index in [1.54, 1.807) is 20.8 Å². The third kappa shape index (κ3) is 4.74. The van der Waals surface area contributed by atoms with Crippen LogP contribution in [0.1, 0.15) is 38.9 Å². The van der Waals surface area contributed by atoms with Gasteiger partial charge in [-0.2, -0.15) is 0 Å². The number of alkyl carbamates (subject to hydrolysis) is 1. The van der Waals surface area contributed by atoms with Gasteiger partial charge in [-0.25, -0.2) is 13.6 Å². The molecule has 1 N–H and O–H groups in total. The number of nitrogens with one attached hydrogen (secondary N) is 1. The van der Waals surface area contributed by atoms with Crippen molar-refractivity contribution in [1.29, 1.82) is 0 Å². The maximum absolute atomic E-state index is 14.1. The predicted molar refractivity (Wildman–Crippen MR) is 82.4 cm³/mol. The number of carbonyl (C=O) groups excluding carboxylic acids is 2. The van der Waals surface area contributed by atoms with Gasteiger partial charge in [0, 0.05) is 11.5 Å². The number of halogens is 2. The second kappa shape index (κ2) is 7.25. The monoisotopic (exact) mass is 341 g/mol. The third-order valence-corrected chi connectivity index (χ3v) is 3.57. The van der Waals surface area contributed by atoms with Gasteiger partial charge in [0.1, 0.15) is 29.6 Å². The summed E-state index contributed by atoms with van der Waals surface area (Å²) in [5.74, 6) is -1.68. The lowest BCUT2D eigenvalue weighted by Crippen LogP contribution is -2.47. The van der Waals surface area contributed by atoms with E-state index in [0.717, 1.165) is 24.5 Å². The molecule has 1 amide bonds. The first kappa shape index (κ1) is 18.3. The molecule has 0 saturated carbocycles. The summed E-state index contributed by atoms with van der Waals surface area (Å²) in [6.07, 6.45) is -0.625. The van der Waals surface area contributed by atoms with E-state index in [4.69, 9.17) is 9.47 Å². The van der Waals surface area contributed by atoms with Crippen LogP contribution >= 0.6 is 0 Å². The molecule has 1 aromatic rings.